The number of hydrogen-bond acceptors (Lipinski definition) is 4. The zero-order valence-corrected chi connectivity index (χ0v) is 11.6. The van der Waals surface area contributed by atoms with Crippen LogP contribution in [-0.2, 0) is 20.6 Å². The van der Waals surface area contributed by atoms with Crippen LogP contribution in [0.2, 0.25) is 0 Å². The van der Waals surface area contributed by atoms with E-state index in [0.717, 1.165) is 12.7 Å². The smallest absolute Gasteiger partial charge is 0.175 e. The van der Waals surface area contributed by atoms with Crippen molar-refractivity contribution in [2.45, 2.75) is 29.2 Å². The summed E-state index contributed by atoms with van der Waals surface area (Å²) in [5.74, 6) is 0.398. The van der Waals surface area contributed by atoms with Gasteiger partial charge in [-0.1, -0.05) is 6.92 Å². The largest absolute Gasteiger partial charge is 0.327 e. The summed E-state index contributed by atoms with van der Waals surface area (Å²) in [4.78, 5) is 0.847. The summed E-state index contributed by atoms with van der Waals surface area (Å²) >= 11 is 0. The third-order valence-corrected chi connectivity index (χ3v) is 5.06. The molecule has 0 radical (unpaired) electrons. The Kier molecular flexibility index (Phi) is 4.85. The summed E-state index contributed by atoms with van der Waals surface area (Å²) < 4.78 is 34.3. The molecule has 2 atom stereocenters. The fourth-order valence-corrected chi connectivity index (χ4v) is 3.13. The van der Waals surface area contributed by atoms with Gasteiger partial charge < -0.3 is 5.73 Å². The van der Waals surface area contributed by atoms with Crippen molar-refractivity contribution in [3.05, 3.63) is 24.3 Å². The normalized spacial score (nSPS) is 15.5. The van der Waals surface area contributed by atoms with Crippen molar-refractivity contribution in [3.8, 4) is 0 Å². The van der Waals surface area contributed by atoms with Gasteiger partial charge in [-0.2, -0.15) is 0 Å². The molecule has 4 nitrogen and oxygen atoms in total. The molecule has 0 aliphatic heterocycles. The van der Waals surface area contributed by atoms with E-state index in [1.54, 1.807) is 12.1 Å². The van der Waals surface area contributed by atoms with Crippen LogP contribution in [0.1, 0.15) is 13.3 Å². The van der Waals surface area contributed by atoms with Crippen LogP contribution in [0.25, 0.3) is 0 Å². The van der Waals surface area contributed by atoms with E-state index in [4.69, 9.17) is 5.73 Å². The Morgan fingerprint density at radius 3 is 2.24 bits per heavy atom. The second-order valence-electron chi connectivity index (χ2n) is 3.92. The molecule has 0 heterocycles. The van der Waals surface area contributed by atoms with Crippen molar-refractivity contribution in [2.24, 2.45) is 5.73 Å². The van der Waals surface area contributed by atoms with Gasteiger partial charge in [0.2, 0.25) is 0 Å². The maximum Gasteiger partial charge on any atom is 0.175 e. The van der Waals surface area contributed by atoms with Crippen LogP contribution in [-0.4, -0.2) is 30.7 Å². The SMILES string of the molecule is CCC(N)CS(=O)c1ccc(S(C)(=O)=O)cc1. The number of nitrogens with two attached hydrogens (primary N) is 1. The van der Waals surface area contributed by atoms with E-state index < -0.39 is 20.6 Å². The number of hydrogen-bond donors (Lipinski definition) is 1. The highest BCUT2D eigenvalue weighted by Crippen LogP contribution is 2.13. The van der Waals surface area contributed by atoms with E-state index in [9.17, 15) is 12.6 Å². The first-order chi connectivity index (χ1) is 7.84. The van der Waals surface area contributed by atoms with Gasteiger partial charge in [0.1, 0.15) is 0 Å². The lowest BCUT2D eigenvalue weighted by atomic mass is 10.3. The monoisotopic (exact) mass is 275 g/mol. The molecule has 0 fully saturated rings. The van der Waals surface area contributed by atoms with Gasteiger partial charge in [0, 0.05) is 22.9 Å². The fourth-order valence-electron chi connectivity index (χ4n) is 1.25. The van der Waals surface area contributed by atoms with Crippen molar-refractivity contribution >= 4 is 20.6 Å². The molecular weight excluding hydrogens is 258 g/mol. The molecule has 0 amide bonds. The van der Waals surface area contributed by atoms with Crippen LogP contribution in [0.15, 0.2) is 34.1 Å². The zero-order chi connectivity index (χ0) is 13.1. The Labute approximate surface area is 105 Å². The molecule has 2 N–H and O–H groups in total. The van der Waals surface area contributed by atoms with Crippen LogP contribution in [0.5, 0.6) is 0 Å². The summed E-state index contributed by atoms with van der Waals surface area (Å²) in [5, 5.41) is 0. The van der Waals surface area contributed by atoms with Crippen LogP contribution >= 0.6 is 0 Å². The minimum Gasteiger partial charge on any atom is -0.327 e. The lowest BCUT2D eigenvalue weighted by molar-refractivity contribution is 0.601. The molecule has 0 aliphatic carbocycles. The molecule has 0 aliphatic rings. The van der Waals surface area contributed by atoms with Crippen LogP contribution in [0, 0.1) is 0 Å². The van der Waals surface area contributed by atoms with E-state index in [-0.39, 0.29) is 10.9 Å². The fraction of sp³-hybridized carbons (Fsp3) is 0.455. The van der Waals surface area contributed by atoms with Gasteiger partial charge in [-0.3, -0.25) is 4.21 Å². The van der Waals surface area contributed by atoms with Gasteiger partial charge in [0.15, 0.2) is 9.84 Å². The van der Waals surface area contributed by atoms with Gasteiger partial charge >= 0.3 is 0 Å². The minimum absolute atomic E-state index is 0.0922. The zero-order valence-electron chi connectivity index (χ0n) is 9.92. The molecule has 0 saturated carbocycles. The summed E-state index contributed by atoms with van der Waals surface area (Å²) in [6, 6.07) is 6.01. The van der Waals surface area contributed by atoms with Gasteiger partial charge in [0.25, 0.3) is 0 Å². The average Bonchev–Trinajstić information content (AvgIpc) is 2.27. The van der Waals surface area contributed by atoms with Crippen molar-refractivity contribution in [1.29, 1.82) is 0 Å². The van der Waals surface area contributed by atoms with Gasteiger partial charge in [-0.05, 0) is 30.7 Å². The summed E-state index contributed by atoms with van der Waals surface area (Å²) in [7, 11) is -4.36. The highest BCUT2D eigenvalue weighted by Gasteiger charge is 2.11. The first-order valence-electron chi connectivity index (χ1n) is 5.28. The Morgan fingerprint density at radius 1 is 1.29 bits per heavy atom. The first kappa shape index (κ1) is 14.3. The predicted molar refractivity (Wildman–Crippen MR) is 69.1 cm³/mol. The molecule has 96 valence electrons. The number of benzene rings is 1. The Morgan fingerprint density at radius 2 is 1.82 bits per heavy atom. The lowest BCUT2D eigenvalue weighted by Crippen LogP contribution is -2.26. The van der Waals surface area contributed by atoms with Crippen LogP contribution in [0.3, 0.4) is 0 Å². The maximum atomic E-state index is 11.9. The molecule has 1 aromatic carbocycles. The Balaban J connectivity index is 2.85. The highest BCUT2D eigenvalue weighted by atomic mass is 32.2. The van der Waals surface area contributed by atoms with E-state index in [0.29, 0.717) is 10.6 Å². The van der Waals surface area contributed by atoms with Crippen molar-refractivity contribution in [2.75, 3.05) is 12.0 Å². The van der Waals surface area contributed by atoms with E-state index >= 15 is 0 Å². The molecule has 17 heavy (non-hydrogen) atoms. The second-order valence-corrected chi connectivity index (χ2v) is 7.44. The van der Waals surface area contributed by atoms with Crippen LogP contribution in [0.4, 0.5) is 0 Å². The van der Waals surface area contributed by atoms with E-state index in [1.165, 1.54) is 12.1 Å². The Hall–Kier alpha value is -0.720. The molecule has 2 unspecified atom stereocenters. The predicted octanol–water partition coefficient (Wildman–Crippen LogP) is 0.935. The van der Waals surface area contributed by atoms with E-state index in [2.05, 4.69) is 0 Å². The third-order valence-electron chi connectivity index (χ3n) is 2.40. The first-order valence-corrected chi connectivity index (χ1v) is 8.49. The standard InChI is InChI=1S/C11H17NO3S2/c1-3-9(12)8-16(13)10-4-6-11(7-5-10)17(2,14)15/h4-7,9H,3,8,12H2,1-2H3. The van der Waals surface area contributed by atoms with Gasteiger partial charge in [-0.25, -0.2) is 8.42 Å². The molecular formula is C11H17NO3S2. The minimum atomic E-state index is -3.20. The maximum absolute atomic E-state index is 11.9. The molecule has 0 bridgehead atoms. The third kappa shape index (κ3) is 4.22. The van der Waals surface area contributed by atoms with Gasteiger partial charge in [-0.15, -0.1) is 0 Å². The van der Waals surface area contributed by atoms with Gasteiger partial charge in [0.05, 0.1) is 15.7 Å². The molecule has 6 heteroatoms. The summed E-state index contributed by atoms with van der Waals surface area (Å²) in [6.07, 6.45) is 1.92. The topological polar surface area (TPSA) is 77.2 Å². The summed E-state index contributed by atoms with van der Waals surface area (Å²) in [5.41, 5.74) is 5.72. The molecule has 0 saturated heterocycles. The second kappa shape index (κ2) is 5.75. The van der Waals surface area contributed by atoms with Crippen molar-refractivity contribution in [1.82, 2.24) is 0 Å². The van der Waals surface area contributed by atoms with Crippen LogP contribution < -0.4 is 5.73 Å². The summed E-state index contributed by atoms with van der Waals surface area (Å²) in [6.45, 7) is 1.94. The number of sulfone groups is 1. The highest BCUT2D eigenvalue weighted by molar-refractivity contribution is 7.90. The molecule has 1 rings (SSSR count). The molecule has 0 aromatic heterocycles. The number of rotatable bonds is 5. The van der Waals surface area contributed by atoms with Crippen molar-refractivity contribution < 1.29 is 12.6 Å². The van der Waals surface area contributed by atoms with E-state index in [1.807, 2.05) is 6.92 Å². The Bertz CT molecular complexity index is 494. The average molecular weight is 275 g/mol. The molecule has 0 spiro atoms. The molecule has 1 aromatic rings. The quantitative estimate of drug-likeness (QED) is 0.867. The lowest BCUT2D eigenvalue weighted by Gasteiger charge is -2.08. The van der Waals surface area contributed by atoms with Crippen molar-refractivity contribution in [3.63, 3.8) is 0 Å².